The number of nitrogens with zero attached hydrogens (tertiary/aromatic N) is 1. The monoisotopic (exact) mass is 266 g/mol. The molecule has 0 radical (unpaired) electrons. The van der Waals surface area contributed by atoms with Gasteiger partial charge >= 0.3 is 0 Å². The number of benzene rings is 1. The van der Waals surface area contributed by atoms with E-state index in [0.717, 1.165) is 17.8 Å². The molecule has 0 unspecified atom stereocenters. The fourth-order valence-corrected chi connectivity index (χ4v) is 5.83. The summed E-state index contributed by atoms with van der Waals surface area (Å²) in [6.07, 6.45) is 8.66. The van der Waals surface area contributed by atoms with Crippen molar-refractivity contribution in [1.29, 1.82) is 0 Å². The number of hydrogen-bond donors (Lipinski definition) is 1. The Balaban J connectivity index is 1.65. The molecule has 2 nitrogen and oxygen atoms in total. The van der Waals surface area contributed by atoms with Gasteiger partial charge in [-0.25, -0.2) is 4.98 Å². The van der Waals surface area contributed by atoms with Gasteiger partial charge in [-0.15, -0.1) is 0 Å². The average molecular weight is 266 g/mol. The minimum absolute atomic E-state index is 0.389. The van der Waals surface area contributed by atoms with E-state index in [-0.39, 0.29) is 0 Å². The molecule has 2 heteroatoms. The molecule has 4 bridgehead atoms. The molecule has 20 heavy (non-hydrogen) atoms. The molecule has 6 rings (SSSR count). The van der Waals surface area contributed by atoms with Crippen LogP contribution < -0.4 is 0 Å². The van der Waals surface area contributed by atoms with Gasteiger partial charge in [0.1, 0.15) is 5.82 Å². The Bertz CT molecular complexity index is 646. The maximum atomic E-state index is 5.05. The minimum Gasteiger partial charge on any atom is -0.341 e. The number of aromatic nitrogens is 2. The van der Waals surface area contributed by atoms with E-state index in [1.54, 1.807) is 0 Å². The molecule has 0 atom stereocenters. The number of aromatic amines is 1. The maximum Gasteiger partial charge on any atom is 0.113 e. The van der Waals surface area contributed by atoms with E-state index in [9.17, 15) is 0 Å². The number of hydrogen-bond acceptors (Lipinski definition) is 1. The van der Waals surface area contributed by atoms with E-state index in [1.807, 2.05) is 0 Å². The van der Waals surface area contributed by atoms with Crippen LogP contribution in [0.15, 0.2) is 18.2 Å². The van der Waals surface area contributed by atoms with Gasteiger partial charge in [0, 0.05) is 5.41 Å². The van der Waals surface area contributed by atoms with Crippen molar-refractivity contribution in [3.05, 3.63) is 29.6 Å². The van der Waals surface area contributed by atoms with Crippen LogP contribution in [0.3, 0.4) is 0 Å². The van der Waals surface area contributed by atoms with Crippen LogP contribution >= 0.6 is 0 Å². The van der Waals surface area contributed by atoms with Crippen LogP contribution in [0.5, 0.6) is 0 Å². The topological polar surface area (TPSA) is 28.7 Å². The van der Waals surface area contributed by atoms with Gasteiger partial charge in [0.25, 0.3) is 0 Å². The minimum atomic E-state index is 0.389. The number of fused-ring (bicyclic) bond motifs is 1. The second-order valence-corrected chi connectivity index (χ2v) is 7.75. The predicted molar refractivity (Wildman–Crippen MR) is 80.7 cm³/mol. The summed E-state index contributed by atoms with van der Waals surface area (Å²) in [4.78, 5) is 8.73. The highest BCUT2D eigenvalue weighted by Gasteiger charge is 2.53. The molecule has 0 amide bonds. The highest BCUT2D eigenvalue weighted by atomic mass is 15.0. The van der Waals surface area contributed by atoms with Crippen LogP contribution in [0.2, 0.25) is 0 Å². The molecule has 4 fully saturated rings. The van der Waals surface area contributed by atoms with Crippen LogP contribution in [0, 0.1) is 24.7 Å². The molecule has 1 N–H and O–H groups in total. The fourth-order valence-electron chi connectivity index (χ4n) is 5.83. The summed E-state index contributed by atoms with van der Waals surface area (Å²) < 4.78 is 0. The van der Waals surface area contributed by atoms with Crippen LogP contribution in [0.1, 0.15) is 49.9 Å². The third-order valence-corrected chi connectivity index (χ3v) is 6.26. The Morgan fingerprint density at radius 2 is 1.70 bits per heavy atom. The Kier molecular flexibility index (Phi) is 2.08. The van der Waals surface area contributed by atoms with Crippen molar-refractivity contribution in [3.8, 4) is 0 Å². The number of H-pyrrole nitrogens is 1. The summed E-state index contributed by atoms with van der Waals surface area (Å²) >= 11 is 0. The smallest absolute Gasteiger partial charge is 0.113 e. The first kappa shape index (κ1) is 11.4. The maximum absolute atomic E-state index is 5.05. The quantitative estimate of drug-likeness (QED) is 0.817. The average Bonchev–Trinajstić information content (AvgIpc) is 2.83. The highest BCUT2D eigenvalue weighted by molar-refractivity contribution is 5.78. The number of imidazole rings is 1. The van der Waals surface area contributed by atoms with E-state index in [2.05, 4.69) is 30.1 Å². The third kappa shape index (κ3) is 1.43. The van der Waals surface area contributed by atoms with Crippen molar-refractivity contribution in [2.45, 2.75) is 50.9 Å². The molecule has 1 heterocycles. The first-order chi connectivity index (χ1) is 9.72. The van der Waals surface area contributed by atoms with Crippen molar-refractivity contribution in [3.63, 3.8) is 0 Å². The van der Waals surface area contributed by atoms with Gasteiger partial charge in [0.15, 0.2) is 0 Å². The molecule has 0 aliphatic heterocycles. The van der Waals surface area contributed by atoms with Crippen LogP contribution in [0.25, 0.3) is 11.0 Å². The molecular formula is C18H22N2. The molecule has 1 aromatic carbocycles. The number of nitrogens with one attached hydrogen (secondary N) is 1. The summed E-state index contributed by atoms with van der Waals surface area (Å²) in [5.41, 5.74) is 4.11. The lowest BCUT2D eigenvalue weighted by Gasteiger charge is -2.55. The van der Waals surface area contributed by atoms with Crippen LogP contribution in [-0.4, -0.2) is 9.97 Å². The summed E-state index contributed by atoms with van der Waals surface area (Å²) in [6.45, 7) is 2.17. The summed E-state index contributed by atoms with van der Waals surface area (Å²) in [6, 6.07) is 6.49. The molecule has 104 valence electrons. The SMILES string of the molecule is Cc1cccc2[nH]c(C34CC5CC(CC(C5)C3)C4)nc12. The summed E-state index contributed by atoms with van der Waals surface area (Å²) in [7, 11) is 0. The van der Waals surface area contributed by atoms with E-state index in [0.29, 0.717) is 5.41 Å². The van der Waals surface area contributed by atoms with Crippen molar-refractivity contribution in [2.24, 2.45) is 17.8 Å². The van der Waals surface area contributed by atoms with Crippen molar-refractivity contribution < 1.29 is 0 Å². The lowest BCUT2D eigenvalue weighted by Crippen LogP contribution is -2.49. The predicted octanol–water partition coefficient (Wildman–Crippen LogP) is 4.34. The van der Waals surface area contributed by atoms with Gasteiger partial charge in [-0.3, -0.25) is 0 Å². The molecule has 1 aromatic heterocycles. The van der Waals surface area contributed by atoms with E-state index >= 15 is 0 Å². The molecule has 0 saturated heterocycles. The van der Waals surface area contributed by atoms with E-state index < -0.39 is 0 Å². The molecular weight excluding hydrogens is 244 g/mol. The fraction of sp³-hybridized carbons (Fsp3) is 0.611. The lowest BCUT2D eigenvalue weighted by molar-refractivity contribution is -0.00887. The second-order valence-electron chi connectivity index (χ2n) is 7.75. The highest BCUT2D eigenvalue weighted by Crippen LogP contribution is 2.60. The first-order valence-electron chi connectivity index (χ1n) is 8.18. The number of rotatable bonds is 1. The Morgan fingerprint density at radius 3 is 2.30 bits per heavy atom. The number of aryl methyl sites for hydroxylation is 1. The van der Waals surface area contributed by atoms with Crippen molar-refractivity contribution >= 4 is 11.0 Å². The van der Waals surface area contributed by atoms with Crippen LogP contribution in [-0.2, 0) is 5.41 Å². The van der Waals surface area contributed by atoms with Gasteiger partial charge in [0.2, 0.25) is 0 Å². The lowest BCUT2D eigenvalue weighted by atomic mass is 9.49. The molecule has 4 saturated carbocycles. The van der Waals surface area contributed by atoms with Crippen molar-refractivity contribution in [1.82, 2.24) is 9.97 Å². The van der Waals surface area contributed by atoms with Gasteiger partial charge in [-0.1, -0.05) is 12.1 Å². The van der Waals surface area contributed by atoms with Crippen LogP contribution in [0.4, 0.5) is 0 Å². The molecule has 4 aliphatic rings. The second kappa shape index (κ2) is 3.66. The van der Waals surface area contributed by atoms with E-state index in [4.69, 9.17) is 4.98 Å². The summed E-state index contributed by atoms with van der Waals surface area (Å²) in [5.74, 6) is 4.25. The summed E-state index contributed by atoms with van der Waals surface area (Å²) in [5, 5.41) is 0. The molecule has 4 aliphatic carbocycles. The first-order valence-corrected chi connectivity index (χ1v) is 8.18. The number of para-hydroxylation sites is 1. The largest absolute Gasteiger partial charge is 0.341 e. The van der Waals surface area contributed by atoms with Gasteiger partial charge in [0.05, 0.1) is 11.0 Å². The zero-order valence-corrected chi connectivity index (χ0v) is 12.2. The Hall–Kier alpha value is -1.31. The zero-order valence-electron chi connectivity index (χ0n) is 12.2. The zero-order chi connectivity index (χ0) is 13.3. The van der Waals surface area contributed by atoms with Crippen molar-refractivity contribution in [2.75, 3.05) is 0 Å². The van der Waals surface area contributed by atoms with Gasteiger partial charge in [-0.2, -0.15) is 0 Å². The third-order valence-electron chi connectivity index (χ3n) is 6.26. The Morgan fingerprint density at radius 1 is 1.05 bits per heavy atom. The Labute approximate surface area is 120 Å². The standard InChI is InChI=1S/C18H22N2/c1-11-3-2-4-15-16(11)20-17(19-15)18-8-12-5-13(9-18)7-14(6-12)10-18/h2-4,12-14H,5-10H2,1H3,(H,19,20). The normalized spacial score (nSPS) is 38.8. The molecule has 0 spiro atoms. The molecule has 2 aromatic rings. The van der Waals surface area contributed by atoms with Gasteiger partial charge < -0.3 is 4.98 Å². The van der Waals surface area contributed by atoms with Gasteiger partial charge in [-0.05, 0) is 74.8 Å². The van der Waals surface area contributed by atoms with E-state index in [1.165, 1.54) is 60.9 Å².